The van der Waals surface area contributed by atoms with Gasteiger partial charge in [0, 0.05) is 41.9 Å². The summed E-state index contributed by atoms with van der Waals surface area (Å²) in [5.41, 5.74) is 1.71. The molecule has 0 atom stereocenters. The second kappa shape index (κ2) is 5.69. The number of halogens is 1. The van der Waals surface area contributed by atoms with Crippen molar-refractivity contribution >= 4 is 22.9 Å². The fourth-order valence-corrected chi connectivity index (χ4v) is 2.86. The Labute approximate surface area is 121 Å². The SMILES string of the molecule is O=C(O)/C=C/c1cc2cc(F)ccc2n1C1CCOCC1. The molecule has 0 unspecified atom stereocenters. The summed E-state index contributed by atoms with van der Waals surface area (Å²) in [6.45, 7) is 1.38. The van der Waals surface area contributed by atoms with Crippen molar-refractivity contribution in [1.82, 2.24) is 4.57 Å². The van der Waals surface area contributed by atoms with Crippen molar-refractivity contribution in [3.05, 3.63) is 41.9 Å². The minimum absolute atomic E-state index is 0.246. The molecule has 5 heteroatoms. The van der Waals surface area contributed by atoms with Gasteiger partial charge in [0.15, 0.2) is 0 Å². The smallest absolute Gasteiger partial charge is 0.328 e. The highest BCUT2D eigenvalue weighted by Gasteiger charge is 2.20. The van der Waals surface area contributed by atoms with Gasteiger partial charge in [-0.1, -0.05) is 0 Å². The lowest BCUT2D eigenvalue weighted by molar-refractivity contribution is -0.131. The third-order valence-electron chi connectivity index (χ3n) is 3.78. The molecule has 2 aromatic rings. The summed E-state index contributed by atoms with van der Waals surface area (Å²) >= 11 is 0. The minimum Gasteiger partial charge on any atom is -0.478 e. The lowest BCUT2D eigenvalue weighted by Gasteiger charge is -2.26. The Morgan fingerprint density at radius 1 is 1.33 bits per heavy atom. The topological polar surface area (TPSA) is 51.5 Å². The second-order valence-electron chi connectivity index (χ2n) is 5.16. The van der Waals surface area contributed by atoms with E-state index in [2.05, 4.69) is 4.57 Å². The Bertz CT molecular complexity index is 699. The highest BCUT2D eigenvalue weighted by Crippen LogP contribution is 2.31. The Morgan fingerprint density at radius 2 is 2.10 bits per heavy atom. The fourth-order valence-electron chi connectivity index (χ4n) is 2.86. The molecule has 0 saturated carbocycles. The minimum atomic E-state index is -0.995. The zero-order chi connectivity index (χ0) is 14.8. The number of rotatable bonds is 3. The summed E-state index contributed by atoms with van der Waals surface area (Å²) in [7, 11) is 0. The number of nitrogens with zero attached hydrogens (tertiary/aromatic N) is 1. The van der Waals surface area contributed by atoms with E-state index in [-0.39, 0.29) is 11.9 Å². The third kappa shape index (κ3) is 2.83. The van der Waals surface area contributed by atoms with Crippen molar-refractivity contribution in [1.29, 1.82) is 0 Å². The van der Waals surface area contributed by atoms with E-state index < -0.39 is 5.97 Å². The molecule has 0 amide bonds. The van der Waals surface area contributed by atoms with Crippen molar-refractivity contribution in [3.8, 4) is 0 Å². The maximum Gasteiger partial charge on any atom is 0.328 e. The van der Waals surface area contributed by atoms with Crippen molar-refractivity contribution in [2.45, 2.75) is 18.9 Å². The highest BCUT2D eigenvalue weighted by molar-refractivity contribution is 5.88. The Balaban J connectivity index is 2.12. The van der Waals surface area contributed by atoms with E-state index in [1.54, 1.807) is 12.1 Å². The number of hydrogen-bond acceptors (Lipinski definition) is 2. The summed E-state index contributed by atoms with van der Waals surface area (Å²) < 4.78 is 20.9. The molecule has 0 spiro atoms. The molecule has 1 aliphatic rings. The van der Waals surface area contributed by atoms with Gasteiger partial charge in [-0.25, -0.2) is 9.18 Å². The van der Waals surface area contributed by atoms with Gasteiger partial charge in [-0.3, -0.25) is 0 Å². The molecule has 1 aromatic carbocycles. The van der Waals surface area contributed by atoms with Gasteiger partial charge in [-0.2, -0.15) is 0 Å². The highest BCUT2D eigenvalue weighted by atomic mass is 19.1. The number of hydrogen-bond donors (Lipinski definition) is 1. The summed E-state index contributed by atoms with van der Waals surface area (Å²) in [4.78, 5) is 10.8. The molecule has 0 bridgehead atoms. The van der Waals surface area contributed by atoms with E-state index >= 15 is 0 Å². The number of fused-ring (bicyclic) bond motifs is 1. The van der Waals surface area contributed by atoms with Crippen molar-refractivity contribution in [2.75, 3.05) is 13.2 Å². The zero-order valence-corrected chi connectivity index (χ0v) is 11.5. The Hall–Kier alpha value is -2.14. The first kappa shape index (κ1) is 13.8. The summed E-state index contributed by atoms with van der Waals surface area (Å²) in [5.74, 6) is -1.29. The van der Waals surface area contributed by atoms with Crippen LogP contribution in [0.4, 0.5) is 4.39 Å². The van der Waals surface area contributed by atoms with Crippen molar-refractivity contribution in [2.24, 2.45) is 0 Å². The quantitative estimate of drug-likeness (QED) is 0.883. The predicted octanol–water partition coefficient (Wildman–Crippen LogP) is 3.23. The first-order valence-corrected chi connectivity index (χ1v) is 6.94. The number of carbonyl (C=O) groups is 1. The summed E-state index contributed by atoms with van der Waals surface area (Å²) in [5, 5.41) is 9.60. The van der Waals surface area contributed by atoms with Crippen LogP contribution in [-0.4, -0.2) is 28.9 Å². The van der Waals surface area contributed by atoms with Gasteiger partial charge in [0.25, 0.3) is 0 Å². The molecule has 1 fully saturated rings. The summed E-state index contributed by atoms with van der Waals surface area (Å²) in [6, 6.07) is 6.73. The normalized spacial score (nSPS) is 16.8. The predicted molar refractivity (Wildman–Crippen MR) is 77.7 cm³/mol. The number of ether oxygens (including phenoxy) is 1. The van der Waals surface area contributed by atoms with E-state index in [4.69, 9.17) is 9.84 Å². The second-order valence-corrected chi connectivity index (χ2v) is 5.16. The molecule has 3 rings (SSSR count). The van der Waals surface area contributed by atoms with Gasteiger partial charge in [-0.15, -0.1) is 0 Å². The van der Waals surface area contributed by atoms with Crippen LogP contribution < -0.4 is 0 Å². The van der Waals surface area contributed by atoms with Crippen LogP contribution in [0.2, 0.25) is 0 Å². The molecule has 1 saturated heterocycles. The molecule has 4 nitrogen and oxygen atoms in total. The van der Waals surface area contributed by atoms with Crippen LogP contribution in [0, 0.1) is 5.82 Å². The molecule has 0 radical (unpaired) electrons. The molecular weight excluding hydrogens is 273 g/mol. The number of benzene rings is 1. The number of aliphatic carboxylic acids is 1. The average molecular weight is 289 g/mol. The van der Waals surface area contributed by atoms with E-state index in [9.17, 15) is 9.18 Å². The molecule has 0 aliphatic carbocycles. The lowest BCUT2D eigenvalue weighted by Crippen LogP contribution is -2.20. The van der Waals surface area contributed by atoms with E-state index in [1.165, 1.54) is 12.1 Å². The van der Waals surface area contributed by atoms with Gasteiger partial charge in [0.2, 0.25) is 0 Å². The van der Waals surface area contributed by atoms with Crippen molar-refractivity contribution < 1.29 is 19.0 Å². The van der Waals surface area contributed by atoms with Crippen LogP contribution in [0.3, 0.4) is 0 Å². The van der Waals surface area contributed by atoms with Crippen LogP contribution >= 0.6 is 0 Å². The van der Waals surface area contributed by atoms with Crippen LogP contribution in [0.1, 0.15) is 24.6 Å². The Kier molecular flexibility index (Phi) is 3.75. The van der Waals surface area contributed by atoms with Gasteiger partial charge >= 0.3 is 5.97 Å². The molecule has 2 heterocycles. The maximum atomic E-state index is 13.4. The molecule has 21 heavy (non-hydrogen) atoms. The first-order chi connectivity index (χ1) is 10.1. The van der Waals surface area contributed by atoms with Gasteiger partial charge in [0.1, 0.15) is 5.82 Å². The monoisotopic (exact) mass is 289 g/mol. The van der Waals surface area contributed by atoms with Gasteiger partial charge in [0.05, 0.1) is 0 Å². The molecule has 1 N–H and O–H groups in total. The van der Waals surface area contributed by atoms with Gasteiger partial charge < -0.3 is 14.4 Å². The average Bonchev–Trinajstić information content (AvgIpc) is 2.83. The van der Waals surface area contributed by atoms with E-state index in [0.29, 0.717) is 13.2 Å². The van der Waals surface area contributed by atoms with Crippen molar-refractivity contribution in [3.63, 3.8) is 0 Å². The molecule has 110 valence electrons. The van der Waals surface area contributed by atoms with Gasteiger partial charge in [-0.05, 0) is 43.2 Å². The molecule has 1 aliphatic heterocycles. The van der Waals surface area contributed by atoms with Crippen LogP contribution in [0.5, 0.6) is 0 Å². The number of aromatic nitrogens is 1. The number of carboxylic acids is 1. The zero-order valence-electron chi connectivity index (χ0n) is 11.5. The Morgan fingerprint density at radius 3 is 2.81 bits per heavy atom. The maximum absolute atomic E-state index is 13.4. The van der Waals surface area contributed by atoms with Crippen LogP contribution in [-0.2, 0) is 9.53 Å². The van der Waals surface area contributed by atoms with Crippen LogP contribution in [0.25, 0.3) is 17.0 Å². The lowest BCUT2D eigenvalue weighted by atomic mass is 10.1. The largest absolute Gasteiger partial charge is 0.478 e. The van der Waals surface area contributed by atoms with Crippen LogP contribution in [0.15, 0.2) is 30.3 Å². The molecular formula is C16H16FNO3. The molecule has 1 aromatic heterocycles. The first-order valence-electron chi connectivity index (χ1n) is 6.94. The fraction of sp³-hybridized carbons (Fsp3) is 0.312. The van der Waals surface area contributed by atoms with E-state index in [0.717, 1.165) is 35.5 Å². The summed E-state index contributed by atoms with van der Waals surface area (Å²) in [6.07, 6.45) is 4.42. The number of carboxylic acid groups (broad SMARTS) is 1. The van der Waals surface area contributed by atoms with E-state index in [1.807, 2.05) is 6.07 Å². The standard InChI is InChI=1S/C16H16FNO3/c17-12-1-3-15-11(9-12)10-14(2-4-16(19)20)18(15)13-5-7-21-8-6-13/h1-4,9-10,13H,5-8H2,(H,19,20)/b4-2+. The third-order valence-corrected chi connectivity index (χ3v) is 3.78.